The topological polar surface area (TPSA) is 65.1 Å². The van der Waals surface area contributed by atoms with Crippen LogP contribution in [0, 0.1) is 17.2 Å². The summed E-state index contributed by atoms with van der Waals surface area (Å²) in [5.74, 6) is 0.502. The maximum atomic E-state index is 8.81. The minimum absolute atomic E-state index is 0.329. The molecule has 0 fully saturated rings. The quantitative estimate of drug-likeness (QED) is 0.781. The van der Waals surface area contributed by atoms with Crippen molar-refractivity contribution < 1.29 is 0 Å². The number of nitrogens with one attached hydrogen (secondary N) is 1. The van der Waals surface area contributed by atoms with Crippen LogP contribution < -0.4 is 11.1 Å². The van der Waals surface area contributed by atoms with Gasteiger partial charge in [-0.1, -0.05) is 13.8 Å². The van der Waals surface area contributed by atoms with E-state index in [1.165, 1.54) is 0 Å². The van der Waals surface area contributed by atoms with Crippen molar-refractivity contribution in [3.05, 3.63) is 23.8 Å². The van der Waals surface area contributed by atoms with Crippen LogP contribution in [0.3, 0.4) is 0 Å². The number of benzene rings is 1. The number of nitrogen functional groups attached to an aromatic ring is 1. The second-order valence-corrected chi connectivity index (χ2v) is 5.17. The second kappa shape index (κ2) is 6.27. The van der Waals surface area contributed by atoms with Gasteiger partial charge in [-0.3, -0.25) is 0 Å². The highest BCUT2D eigenvalue weighted by atomic mass is 15.1. The van der Waals surface area contributed by atoms with Gasteiger partial charge in [-0.05, 0) is 38.2 Å². The third-order valence-corrected chi connectivity index (χ3v) is 2.89. The van der Waals surface area contributed by atoms with E-state index in [9.17, 15) is 0 Å². The van der Waals surface area contributed by atoms with Crippen LogP contribution in [0.2, 0.25) is 0 Å². The van der Waals surface area contributed by atoms with Crippen molar-refractivity contribution in [3.63, 3.8) is 0 Å². The molecule has 0 spiro atoms. The number of rotatable bonds is 5. The third-order valence-electron chi connectivity index (χ3n) is 2.89. The Balaban J connectivity index is 2.84. The van der Waals surface area contributed by atoms with Gasteiger partial charge in [0.15, 0.2) is 0 Å². The molecule has 3 N–H and O–H groups in total. The first-order valence-corrected chi connectivity index (χ1v) is 6.15. The van der Waals surface area contributed by atoms with E-state index in [1.54, 1.807) is 12.1 Å². The predicted octanol–water partition coefficient (Wildman–Crippen LogP) is 2.14. The Morgan fingerprint density at radius 3 is 2.50 bits per heavy atom. The summed E-state index contributed by atoms with van der Waals surface area (Å²) < 4.78 is 0. The molecule has 1 atom stereocenters. The highest BCUT2D eigenvalue weighted by Gasteiger charge is 2.15. The van der Waals surface area contributed by atoms with Gasteiger partial charge in [-0.2, -0.15) is 5.26 Å². The summed E-state index contributed by atoms with van der Waals surface area (Å²) in [5, 5.41) is 12.3. The molecular weight excluding hydrogens is 224 g/mol. The second-order valence-electron chi connectivity index (χ2n) is 5.17. The average Bonchev–Trinajstić information content (AvgIpc) is 2.29. The molecule has 1 rings (SSSR count). The molecule has 0 radical (unpaired) electrons. The lowest BCUT2D eigenvalue weighted by Gasteiger charge is -2.27. The van der Waals surface area contributed by atoms with Crippen molar-refractivity contribution in [2.75, 3.05) is 31.7 Å². The van der Waals surface area contributed by atoms with Gasteiger partial charge in [0.25, 0.3) is 0 Å². The Kier molecular flexibility index (Phi) is 4.99. The largest absolute Gasteiger partial charge is 0.397 e. The first-order valence-electron chi connectivity index (χ1n) is 6.15. The van der Waals surface area contributed by atoms with Crippen molar-refractivity contribution in [1.82, 2.24) is 4.90 Å². The number of hydrogen-bond acceptors (Lipinski definition) is 4. The van der Waals surface area contributed by atoms with E-state index in [-0.39, 0.29) is 0 Å². The molecule has 0 heterocycles. The van der Waals surface area contributed by atoms with E-state index in [0.29, 0.717) is 23.2 Å². The molecule has 0 amide bonds. The fraction of sp³-hybridized carbons (Fsp3) is 0.500. The van der Waals surface area contributed by atoms with Crippen LogP contribution in [0.4, 0.5) is 11.4 Å². The third kappa shape index (κ3) is 3.94. The zero-order valence-corrected chi connectivity index (χ0v) is 11.6. The van der Waals surface area contributed by atoms with Crippen molar-refractivity contribution >= 4 is 11.4 Å². The summed E-state index contributed by atoms with van der Waals surface area (Å²) >= 11 is 0. The number of hydrogen-bond donors (Lipinski definition) is 2. The molecule has 0 aromatic heterocycles. The van der Waals surface area contributed by atoms with E-state index >= 15 is 0 Å². The molecule has 0 saturated carbocycles. The molecule has 1 unspecified atom stereocenters. The SMILES string of the molecule is CC(C)C(CN(C)C)Nc1ccc(C#N)cc1N. The lowest BCUT2D eigenvalue weighted by atomic mass is 10.0. The Morgan fingerprint density at radius 1 is 1.39 bits per heavy atom. The van der Waals surface area contributed by atoms with E-state index in [4.69, 9.17) is 11.0 Å². The lowest BCUT2D eigenvalue weighted by molar-refractivity contribution is 0.344. The fourth-order valence-corrected chi connectivity index (χ4v) is 1.78. The van der Waals surface area contributed by atoms with E-state index < -0.39 is 0 Å². The zero-order chi connectivity index (χ0) is 13.7. The normalized spacial score (nSPS) is 12.5. The molecular formula is C14H22N4. The van der Waals surface area contributed by atoms with Gasteiger partial charge < -0.3 is 16.0 Å². The van der Waals surface area contributed by atoms with Crippen molar-refractivity contribution in [2.45, 2.75) is 19.9 Å². The maximum absolute atomic E-state index is 8.81. The van der Waals surface area contributed by atoms with Gasteiger partial charge >= 0.3 is 0 Å². The summed E-state index contributed by atoms with van der Waals surface area (Å²) in [6.07, 6.45) is 0. The number of likely N-dealkylation sites (N-methyl/N-ethyl adjacent to an activating group) is 1. The van der Waals surface area contributed by atoms with Crippen LogP contribution in [0.1, 0.15) is 19.4 Å². The first-order chi connectivity index (χ1) is 8.43. The van der Waals surface area contributed by atoms with E-state index in [1.807, 2.05) is 6.07 Å². The maximum Gasteiger partial charge on any atom is 0.0992 e. The molecule has 0 saturated heterocycles. The van der Waals surface area contributed by atoms with Gasteiger partial charge in [0.2, 0.25) is 0 Å². The summed E-state index contributed by atoms with van der Waals surface area (Å²) in [6.45, 7) is 5.30. The number of anilines is 2. The van der Waals surface area contributed by atoms with Crippen LogP contribution in [0.25, 0.3) is 0 Å². The summed E-state index contributed by atoms with van der Waals surface area (Å²) in [5.41, 5.74) is 8.06. The number of nitrogens with zero attached hydrogens (tertiary/aromatic N) is 2. The molecule has 1 aromatic rings. The molecule has 0 bridgehead atoms. The predicted molar refractivity (Wildman–Crippen MR) is 76.4 cm³/mol. The molecule has 1 aromatic carbocycles. The number of nitrogens with two attached hydrogens (primary N) is 1. The first kappa shape index (κ1) is 14.3. The highest BCUT2D eigenvalue weighted by molar-refractivity contribution is 5.68. The summed E-state index contributed by atoms with van der Waals surface area (Å²) in [4.78, 5) is 2.15. The Hall–Kier alpha value is -1.73. The van der Waals surface area contributed by atoms with E-state index in [2.05, 4.69) is 44.2 Å². The molecule has 4 heteroatoms. The smallest absolute Gasteiger partial charge is 0.0992 e. The van der Waals surface area contributed by atoms with Crippen LogP contribution in [-0.4, -0.2) is 31.6 Å². The van der Waals surface area contributed by atoms with Gasteiger partial charge in [-0.15, -0.1) is 0 Å². The Bertz CT molecular complexity index is 432. The zero-order valence-electron chi connectivity index (χ0n) is 11.6. The monoisotopic (exact) mass is 246 g/mol. The van der Waals surface area contributed by atoms with Crippen LogP contribution >= 0.6 is 0 Å². The summed E-state index contributed by atoms with van der Waals surface area (Å²) in [6, 6.07) is 7.78. The molecule has 4 nitrogen and oxygen atoms in total. The van der Waals surface area contributed by atoms with Gasteiger partial charge in [0.05, 0.1) is 23.0 Å². The minimum Gasteiger partial charge on any atom is -0.397 e. The molecule has 0 aliphatic carbocycles. The van der Waals surface area contributed by atoms with E-state index in [0.717, 1.165) is 12.2 Å². The van der Waals surface area contributed by atoms with Gasteiger partial charge in [0, 0.05) is 12.6 Å². The lowest BCUT2D eigenvalue weighted by Crippen LogP contribution is -2.36. The van der Waals surface area contributed by atoms with Crippen LogP contribution in [-0.2, 0) is 0 Å². The van der Waals surface area contributed by atoms with Crippen molar-refractivity contribution in [1.29, 1.82) is 5.26 Å². The molecule has 98 valence electrons. The highest BCUT2D eigenvalue weighted by Crippen LogP contribution is 2.22. The Morgan fingerprint density at radius 2 is 2.06 bits per heavy atom. The van der Waals surface area contributed by atoms with Crippen LogP contribution in [0.15, 0.2) is 18.2 Å². The minimum atomic E-state index is 0.329. The fourth-order valence-electron chi connectivity index (χ4n) is 1.78. The van der Waals surface area contributed by atoms with Gasteiger partial charge in [0.1, 0.15) is 0 Å². The van der Waals surface area contributed by atoms with Crippen molar-refractivity contribution in [3.8, 4) is 6.07 Å². The Labute approximate surface area is 109 Å². The van der Waals surface area contributed by atoms with Crippen molar-refractivity contribution in [2.24, 2.45) is 5.92 Å². The number of nitriles is 1. The molecule has 0 aliphatic heterocycles. The average molecular weight is 246 g/mol. The molecule has 18 heavy (non-hydrogen) atoms. The van der Waals surface area contributed by atoms with Crippen LogP contribution in [0.5, 0.6) is 0 Å². The molecule has 0 aliphatic rings. The van der Waals surface area contributed by atoms with Gasteiger partial charge in [-0.25, -0.2) is 0 Å². The standard InChI is InChI=1S/C14H22N4/c1-10(2)14(9-18(3)4)17-13-6-5-11(8-15)7-12(13)16/h5-7,10,14,17H,9,16H2,1-4H3. The summed E-state index contributed by atoms with van der Waals surface area (Å²) in [7, 11) is 4.11.